The van der Waals surface area contributed by atoms with Crippen molar-refractivity contribution in [3.05, 3.63) is 0 Å². The highest BCUT2D eigenvalue weighted by molar-refractivity contribution is 7.80. The van der Waals surface area contributed by atoms with E-state index in [2.05, 4.69) is 10.6 Å². The van der Waals surface area contributed by atoms with Crippen LogP contribution in [0.4, 0.5) is 0 Å². The SMILES string of the molecule is S=C1NC[C@H]2COC[C@H]1N2. The van der Waals surface area contributed by atoms with Crippen LogP contribution in [-0.2, 0) is 4.74 Å². The molecular formula is C6H10N2OS. The molecular weight excluding hydrogens is 148 g/mol. The largest absolute Gasteiger partial charge is 0.378 e. The second-order valence-electron chi connectivity index (χ2n) is 2.70. The van der Waals surface area contributed by atoms with E-state index < -0.39 is 0 Å². The van der Waals surface area contributed by atoms with Crippen LogP contribution in [0, 0.1) is 0 Å². The van der Waals surface area contributed by atoms with Crippen molar-refractivity contribution in [2.24, 2.45) is 0 Å². The Morgan fingerprint density at radius 3 is 3.20 bits per heavy atom. The molecule has 2 aliphatic rings. The smallest absolute Gasteiger partial charge is 0.0950 e. The van der Waals surface area contributed by atoms with Gasteiger partial charge in [0, 0.05) is 12.6 Å². The highest BCUT2D eigenvalue weighted by Crippen LogP contribution is 2.04. The summed E-state index contributed by atoms with van der Waals surface area (Å²) in [6, 6.07) is 0.730. The van der Waals surface area contributed by atoms with Crippen molar-refractivity contribution < 1.29 is 4.74 Å². The fraction of sp³-hybridized carbons (Fsp3) is 0.833. The van der Waals surface area contributed by atoms with E-state index in [1.165, 1.54) is 0 Å². The van der Waals surface area contributed by atoms with E-state index >= 15 is 0 Å². The molecule has 0 radical (unpaired) electrons. The van der Waals surface area contributed by atoms with Crippen molar-refractivity contribution in [1.82, 2.24) is 10.6 Å². The molecule has 2 bridgehead atoms. The molecule has 0 aromatic rings. The van der Waals surface area contributed by atoms with Gasteiger partial charge in [0.25, 0.3) is 0 Å². The first-order chi connectivity index (χ1) is 4.86. The Labute approximate surface area is 65.1 Å². The molecule has 0 saturated carbocycles. The van der Waals surface area contributed by atoms with Gasteiger partial charge >= 0.3 is 0 Å². The lowest BCUT2D eigenvalue weighted by molar-refractivity contribution is 0.0570. The number of rotatable bonds is 0. The molecule has 2 N–H and O–H groups in total. The number of hydrogen-bond donors (Lipinski definition) is 2. The summed E-state index contributed by atoms with van der Waals surface area (Å²) in [4.78, 5) is 0.899. The van der Waals surface area contributed by atoms with Crippen LogP contribution in [0.15, 0.2) is 0 Å². The van der Waals surface area contributed by atoms with E-state index in [-0.39, 0.29) is 6.04 Å². The van der Waals surface area contributed by atoms with Gasteiger partial charge in [0.15, 0.2) is 0 Å². The van der Waals surface area contributed by atoms with Crippen LogP contribution in [0.25, 0.3) is 0 Å². The second-order valence-corrected chi connectivity index (χ2v) is 3.14. The van der Waals surface area contributed by atoms with Crippen LogP contribution in [0.1, 0.15) is 0 Å². The number of fused-ring (bicyclic) bond motifs is 2. The number of piperazine rings is 1. The quantitative estimate of drug-likeness (QED) is 0.456. The van der Waals surface area contributed by atoms with Crippen molar-refractivity contribution in [2.45, 2.75) is 12.1 Å². The fourth-order valence-corrected chi connectivity index (χ4v) is 1.54. The molecule has 0 aliphatic carbocycles. The Bertz CT molecular complexity index is 162. The summed E-state index contributed by atoms with van der Waals surface area (Å²) in [5.41, 5.74) is 0. The lowest BCUT2D eigenvalue weighted by Gasteiger charge is -2.36. The molecule has 0 spiro atoms. The van der Waals surface area contributed by atoms with Crippen molar-refractivity contribution in [3.63, 3.8) is 0 Å². The molecule has 4 heteroatoms. The predicted octanol–water partition coefficient (Wildman–Crippen LogP) is -0.726. The van der Waals surface area contributed by atoms with Gasteiger partial charge < -0.3 is 10.1 Å². The van der Waals surface area contributed by atoms with E-state index in [1.807, 2.05) is 0 Å². The highest BCUT2D eigenvalue weighted by Gasteiger charge is 2.28. The molecule has 2 saturated heterocycles. The van der Waals surface area contributed by atoms with Crippen molar-refractivity contribution in [1.29, 1.82) is 0 Å². The average Bonchev–Trinajstić information content (AvgIpc) is 1.99. The zero-order chi connectivity index (χ0) is 6.97. The van der Waals surface area contributed by atoms with Gasteiger partial charge in [-0.15, -0.1) is 0 Å². The summed E-state index contributed by atoms with van der Waals surface area (Å²) in [7, 11) is 0. The van der Waals surface area contributed by atoms with Crippen molar-refractivity contribution in [3.8, 4) is 0 Å². The summed E-state index contributed by atoms with van der Waals surface area (Å²) < 4.78 is 5.32. The first-order valence-electron chi connectivity index (χ1n) is 3.48. The Balaban J connectivity index is 2.07. The van der Waals surface area contributed by atoms with E-state index in [4.69, 9.17) is 17.0 Å². The number of hydrogen-bond acceptors (Lipinski definition) is 3. The minimum absolute atomic E-state index is 0.266. The number of thiocarbonyl (C=S) groups is 1. The zero-order valence-corrected chi connectivity index (χ0v) is 6.41. The van der Waals surface area contributed by atoms with Gasteiger partial charge in [-0.25, -0.2) is 0 Å². The summed E-state index contributed by atoms with van der Waals surface area (Å²) >= 11 is 5.06. The monoisotopic (exact) mass is 158 g/mol. The summed E-state index contributed by atoms with van der Waals surface area (Å²) in [5, 5.41) is 6.55. The third kappa shape index (κ3) is 1.02. The predicted molar refractivity (Wildman–Crippen MR) is 42.1 cm³/mol. The number of nitrogens with one attached hydrogen (secondary N) is 2. The molecule has 2 aliphatic heterocycles. The van der Waals surface area contributed by atoms with E-state index in [1.54, 1.807) is 0 Å². The third-order valence-electron chi connectivity index (χ3n) is 1.88. The Morgan fingerprint density at radius 1 is 1.50 bits per heavy atom. The van der Waals surface area contributed by atoms with Gasteiger partial charge in [-0.2, -0.15) is 0 Å². The molecule has 2 fully saturated rings. The average molecular weight is 158 g/mol. The van der Waals surface area contributed by atoms with E-state index in [9.17, 15) is 0 Å². The van der Waals surface area contributed by atoms with Gasteiger partial charge in [0.2, 0.25) is 0 Å². The zero-order valence-electron chi connectivity index (χ0n) is 5.59. The first kappa shape index (κ1) is 6.52. The molecule has 10 heavy (non-hydrogen) atoms. The Kier molecular flexibility index (Phi) is 1.60. The normalized spacial score (nSPS) is 39.0. The van der Waals surface area contributed by atoms with Crippen LogP contribution in [-0.4, -0.2) is 36.8 Å². The maximum absolute atomic E-state index is 5.32. The molecule has 3 nitrogen and oxygen atoms in total. The Hall–Kier alpha value is -0.190. The highest BCUT2D eigenvalue weighted by atomic mass is 32.1. The number of morpholine rings is 1. The van der Waals surface area contributed by atoms with Crippen LogP contribution in [0.3, 0.4) is 0 Å². The summed E-state index contributed by atoms with van der Waals surface area (Å²) in [5.74, 6) is 0. The van der Waals surface area contributed by atoms with E-state index in [0.717, 1.165) is 24.7 Å². The molecule has 56 valence electrons. The summed E-state index contributed by atoms with van der Waals surface area (Å²) in [6.45, 7) is 2.45. The summed E-state index contributed by atoms with van der Waals surface area (Å²) in [6.07, 6.45) is 0. The van der Waals surface area contributed by atoms with Crippen LogP contribution >= 0.6 is 12.2 Å². The van der Waals surface area contributed by atoms with Gasteiger partial charge in [0.05, 0.1) is 24.2 Å². The fourth-order valence-electron chi connectivity index (χ4n) is 1.33. The lowest BCUT2D eigenvalue weighted by Crippen LogP contribution is -2.63. The number of ether oxygens (including phenoxy) is 1. The molecule has 0 aromatic heterocycles. The van der Waals surface area contributed by atoms with Gasteiger partial charge in [-0.3, -0.25) is 5.32 Å². The topological polar surface area (TPSA) is 33.3 Å². The van der Waals surface area contributed by atoms with Crippen molar-refractivity contribution in [2.75, 3.05) is 19.8 Å². The molecule has 0 unspecified atom stereocenters. The first-order valence-corrected chi connectivity index (χ1v) is 3.88. The molecule has 2 rings (SSSR count). The van der Waals surface area contributed by atoms with Crippen molar-refractivity contribution >= 4 is 17.2 Å². The standard InChI is InChI=1S/C6H10N2OS/c10-6-5-3-9-2-4(8-5)1-7-6/h4-5,8H,1-3H2,(H,7,10)/t4-,5+/m0/s1. The third-order valence-corrected chi connectivity index (χ3v) is 2.31. The second kappa shape index (κ2) is 2.45. The minimum atomic E-state index is 0.266. The van der Waals surface area contributed by atoms with Crippen LogP contribution < -0.4 is 10.6 Å². The molecule has 0 amide bonds. The van der Waals surface area contributed by atoms with E-state index in [0.29, 0.717) is 6.04 Å². The minimum Gasteiger partial charge on any atom is -0.378 e. The maximum Gasteiger partial charge on any atom is 0.0950 e. The molecule has 0 aromatic carbocycles. The van der Waals surface area contributed by atoms with Crippen LogP contribution in [0.2, 0.25) is 0 Å². The Morgan fingerprint density at radius 2 is 2.40 bits per heavy atom. The molecule has 2 heterocycles. The van der Waals surface area contributed by atoms with Gasteiger partial charge in [-0.05, 0) is 0 Å². The van der Waals surface area contributed by atoms with Crippen LogP contribution in [0.5, 0.6) is 0 Å². The van der Waals surface area contributed by atoms with Gasteiger partial charge in [-0.1, -0.05) is 12.2 Å². The maximum atomic E-state index is 5.32. The van der Waals surface area contributed by atoms with Gasteiger partial charge in [0.1, 0.15) is 0 Å². The molecule has 2 atom stereocenters. The lowest BCUT2D eigenvalue weighted by atomic mass is 10.1.